The van der Waals surface area contributed by atoms with Gasteiger partial charge in [0.25, 0.3) is 0 Å². The molecule has 0 aliphatic rings. The summed E-state index contributed by atoms with van der Waals surface area (Å²) in [5.41, 5.74) is 0. The molecule has 0 saturated heterocycles. The fraction of sp³-hybridized carbons (Fsp3) is 0.143. The maximum absolute atomic E-state index is 9.76. The Morgan fingerprint density at radius 2 is 1.64 bits per heavy atom. The second kappa shape index (κ2) is 7.62. The van der Waals surface area contributed by atoms with Crippen LogP contribution in [0, 0.1) is 0 Å². The monoisotopic (exact) mass is 338 g/mol. The minimum absolute atomic E-state index is 0.910. The van der Waals surface area contributed by atoms with E-state index >= 15 is 0 Å². The molecule has 0 bridgehead atoms. The summed E-state index contributed by atoms with van der Waals surface area (Å²) < 4.78 is 24.4. The second-order valence-electron chi connectivity index (χ2n) is 1.57. The average molecular weight is 336 g/mol. The number of ether oxygens (including phenoxy) is 1. The molecule has 1 nitrogen and oxygen atoms in total. The van der Waals surface area contributed by atoms with Gasteiger partial charge in [0.05, 0.1) is 7.11 Å². The van der Waals surface area contributed by atoms with E-state index in [-0.39, 0.29) is 0 Å². The van der Waals surface area contributed by atoms with Crippen LogP contribution in [0.3, 0.4) is 0 Å². The van der Waals surface area contributed by atoms with E-state index in [2.05, 4.69) is 0 Å². The van der Waals surface area contributed by atoms with Gasteiger partial charge in [-0.1, -0.05) is 18.2 Å². The van der Waals surface area contributed by atoms with Crippen molar-refractivity contribution >= 4 is 0 Å². The molecule has 0 heterocycles. The summed E-state index contributed by atoms with van der Waals surface area (Å²) in [5.74, 6) is 0.910. The van der Waals surface area contributed by atoms with E-state index in [4.69, 9.17) is 4.74 Å². The Balaban J connectivity index is 0.000000292. The normalized spacial score (nSPS) is 8.27. The van der Waals surface area contributed by atoms with Gasteiger partial charge in [0.15, 0.2) is 0 Å². The maximum atomic E-state index is 9.76. The fourth-order valence-electron chi connectivity index (χ4n) is 0.557. The van der Waals surface area contributed by atoms with Gasteiger partial charge in [-0.2, -0.15) is 0 Å². The molecule has 1 aromatic rings. The van der Waals surface area contributed by atoms with Crippen molar-refractivity contribution in [1.29, 1.82) is 0 Å². The van der Waals surface area contributed by atoms with Gasteiger partial charge >= 0.3 is 25.0 Å². The molecule has 0 spiro atoms. The Morgan fingerprint density at radius 1 is 1.18 bits per heavy atom. The number of benzene rings is 1. The molecule has 0 aliphatic carbocycles. The second-order valence-corrected chi connectivity index (χ2v) is 1.93. The molecular weight excluding hydrogens is 328 g/mol. The van der Waals surface area contributed by atoms with Gasteiger partial charge in [-0.3, -0.25) is 0 Å². The Labute approximate surface area is 73.3 Å². The van der Waals surface area contributed by atoms with Crippen molar-refractivity contribution in [3.05, 3.63) is 30.3 Å². The molecule has 0 aromatic heterocycles. The van der Waals surface area contributed by atoms with E-state index in [0.29, 0.717) is 0 Å². The van der Waals surface area contributed by atoms with Crippen LogP contribution in [0.25, 0.3) is 0 Å². The molecule has 4 heteroatoms. The van der Waals surface area contributed by atoms with Crippen LogP contribution in [0.1, 0.15) is 0 Å². The summed E-state index contributed by atoms with van der Waals surface area (Å²) >= 11 is -2.58. The number of hydrogen-bond donors (Lipinski definition) is 0. The zero-order valence-electron chi connectivity index (χ0n) is 5.90. The van der Waals surface area contributed by atoms with Crippen molar-refractivity contribution in [1.82, 2.24) is 0 Å². The van der Waals surface area contributed by atoms with Crippen LogP contribution in [0.5, 0.6) is 5.75 Å². The summed E-state index contributed by atoms with van der Waals surface area (Å²) in [6, 6.07) is 9.68. The van der Waals surface area contributed by atoms with Crippen molar-refractivity contribution in [3.63, 3.8) is 0 Å². The van der Waals surface area contributed by atoms with E-state index in [1.54, 1.807) is 7.11 Å². The molecule has 0 saturated carbocycles. The number of para-hydroxylation sites is 1. The molecule has 0 unspecified atom stereocenters. The third-order valence-electron chi connectivity index (χ3n) is 0.979. The molecule has 0 aliphatic heterocycles. The molecule has 1 rings (SSSR count). The third-order valence-corrected chi connectivity index (χ3v) is 0.979. The van der Waals surface area contributed by atoms with Gasteiger partial charge in [0.1, 0.15) is 5.75 Å². The number of rotatable bonds is 1. The summed E-state index contributed by atoms with van der Waals surface area (Å²) in [6.07, 6.45) is 0. The molecule has 0 N–H and O–H groups in total. The molecule has 0 radical (unpaired) electrons. The first kappa shape index (κ1) is 10.5. The Morgan fingerprint density at radius 3 is 1.91 bits per heavy atom. The topological polar surface area (TPSA) is 9.23 Å². The SMILES string of the molecule is COc1ccccc1.[F][Os][F]. The molecule has 64 valence electrons. The zero-order valence-corrected chi connectivity index (χ0v) is 8.44. The van der Waals surface area contributed by atoms with Gasteiger partial charge < -0.3 is 4.74 Å². The molecule has 0 atom stereocenters. The Hall–Kier alpha value is -0.484. The fourth-order valence-corrected chi connectivity index (χ4v) is 0.557. The van der Waals surface area contributed by atoms with Crippen LogP contribution in [-0.2, 0) is 18.4 Å². The van der Waals surface area contributed by atoms with E-state index in [9.17, 15) is 6.57 Å². The summed E-state index contributed by atoms with van der Waals surface area (Å²) in [5, 5.41) is 0. The molecule has 0 amide bonds. The molecule has 0 fully saturated rings. The van der Waals surface area contributed by atoms with Gasteiger partial charge in [0.2, 0.25) is 0 Å². The van der Waals surface area contributed by atoms with Crippen LogP contribution >= 0.6 is 0 Å². The summed E-state index contributed by atoms with van der Waals surface area (Å²) in [6.45, 7) is 0. The minimum atomic E-state index is -2.58. The predicted octanol–water partition coefficient (Wildman–Crippen LogP) is 2.53. The van der Waals surface area contributed by atoms with Gasteiger partial charge in [-0.05, 0) is 12.1 Å². The van der Waals surface area contributed by atoms with Crippen molar-refractivity contribution in [2.24, 2.45) is 0 Å². The average Bonchev–Trinajstić information content (AvgIpc) is 2.08. The van der Waals surface area contributed by atoms with Gasteiger partial charge in [0, 0.05) is 0 Å². The van der Waals surface area contributed by atoms with Crippen LogP contribution < -0.4 is 4.74 Å². The Kier molecular flexibility index (Phi) is 7.29. The first-order valence-electron chi connectivity index (χ1n) is 2.79. The Bertz CT molecular complexity index is 169. The van der Waals surface area contributed by atoms with E-state index in [1.165, 1.54) is 0 Å². The summed E-state index contributed by atoms with van der Waals surface area (Å²) in [4.78, 5) is 0. The van der Waals surface area contributed by atoms with Crippen LogP contribution in [0.4, 0.5) is 6.57 Å². The first-order chi connectivity index (χ1) is 5.35. The number of hydrogen-bond acceptors (Lipinski definition) is 1. The molecule has 1 aromatic carbocycles. The van der Waals surface area contributed by atoms with Crippen molar-refractivity contribution in [3.8, 4) is 5.75 Å². The van der Waals surface area contributed by atoms with Crippen molar-refractivity contribution in [2.75, 3.05) is 7.11 Å². The first-order valence-corrected chi connectivity index (χ1v) is 4.71. The van der Waals surface area contributed by atoms with Crippen molar-refractivity contribution in [2.45, 2.75) is 0 Å². The predicted molar refractivity (Wildman–Crippen MR) is 35.2 cm³/mol. The van der Waals surface area contributed by atoms with Gasteiger partial charge in [-0.25, -0.2) is 0 Å². The van der Waals surface area contributed by atoms with Crippen LogP contribution in [-0.4, -0.2) is 7.11 Å². The third kappa shape index (κ3) is 5.94. The number of halogens is 2. The van der Waals surface area contributed by atoms with E-state index in [1.807, 2.05) is 30.3 Å². The van der Waals surface area contributed by atoms with Crippen LogP contribution in [0.15, 0.2) is 30.3 Å². The quantitative estimate of drug-likeness (QED) is 0.766. The molecular formula is C7H8F2OOs. The summed E-state index contributed by atoms with van der Waals surface area (Å²) in [7, 11) is 1.66. The number of methoxy groups -OCH3 is 1. The van der Waals surface area contributed by atoms with Crippen LogP contribution in [0.2, 0.25) is 0 Å². The molecule has 11 heavy (non-hydrogen) atoms. The van der Waals surface area contributed by atoms with Crippen molar-refractivity contribution < 1.29 is 29.7 Å². The zero-order chi connectivity index (χ0) is 8.53. The van der Waals surface area contributed by atoms with E-state index in [0.717, 1.165) is 5.75 Å². The van der Waals surface area contributed by atoms with Gasteiger partial charge in [-0.15, -0.1) is 0 Å². The standard InChI is InChI=1S/C7H8O.2FH.Os/c1-8-7-5-3-2-4-6-7;;;/h2-6H,1H3;2*1H;/q;;;+2/p-2. The van der Waals surface area contributed by atoms with E-state index < -0.39 is 18.4 Å².